The summed E-state index contributed by atoms with van der Waals surface area (Å²) in [7, 11) is -2.90. The minimum atomic E-state index is -2.90. The zero-order chi connectivity index (χ0) is 34.5. The number of rotatable bonds is 7. The Bertz CT molecular complexity index is 2650. The average molecular weight is 676 g/mol. The topological polar surface area (TPSA) is 26.6 Å². The number of pyridine rings is 1. The van der Waals surface area contributed by atoms with Crippen LogP contribution in [-0.2, 0) is 0 Å². The maximum absolute atomic E-state index is 4.90. The number of hydrogen-bond donors (Lipinski definition) is 0. The first-order valence-corrected chi connectivity index (χ1v) is 19.7. The molecule has 4 nitrogen and oxygen atoms in total. The maximum atomic E-state index is 4.90. The Labute approximate surface area is 299 Å². The summed E-state index contributed by atoms with van der Waals surface area (Å²) in [4.78, 5) is 4.90. The molecule has 246 valence electrons. The molecule has 0 fully saturated rings. The molecule has 0 amide bonds. The summed E-state index contributed by atoms with van der Waals surface area (Å²) in [6.45, 7) is 6.63. The number of imidazole rings is 1. The summed E-state index contributed by atoms with van der Waals surface area (Å²) in [5.74, 6) is 0.935. The van der Waals surface area contributed by atoms with Crippen LogP contribution in [0.25, 0.3) is 44.3 Å². The van der Waals surface area contributed by atoms with E-state index in [9.17, 15) is 0 Å². The lowest BCUT2D eigenvalue weighted by atomic mass is 10.1. The van der Waals surface area contributed by atoms with E-state index in [0.29, 0.717) is 6.04 Å². The fourth-order valence-electron chi connectivity index (χ4n) is 8.11. The van der Waals surface area contributed by atoms with Crippen LogP contribution in [0, 0.1) is 6.92 Å². The van der Waals surface area contributed by atoms with Gasteiger partial charge < -0.3 is 0 Å². The normalized spacial score (nSPS) is 12.0. The van der Waals surface area contributed by atoms with E-state index in [4.69, 9.17) is 4.98 Å². The molecule has 0 saturated heterocycles. The van der Waals surface area contributed by atoms with E-state index in [1.165, 1.54) is 53.6 Å². The maximum Gasteiger partial charge on any atom is 0.250 e. The number of fused-ring (bicyclic) bond motifs is 4. The smallest absolute Gasteiger partial charge is 0.250 e. The van der Waals surface area contributed by atoms with E-state index >= 15 is 0 Å². The first-order chi connectivity index (χ1) is 25.0. The van der Waals surface area contributed by atoms with Crippen LogP contribution in [-0.4, -0.2) is 22.2 Å². The van der Waals surface area contributed by atoms with Gasteiger partial charge in [-0.3, -0.25) is 4.57 Å². The van der Waals surface area contributed by atoms with Crippen molar-refractivity contribution in [2.75, 3.05) is 0 Å². The molecule has 0 aliphatic carbocycles. The van der Waals surface area contributed by atoms with Crippen molar-refractivity contribution in [3.8, 4) is 11.5 Å². The van der Waals surface area contributed by atoms with Gasteiger partial charge in [-0.25, -0.2) is 9.55 Å². The molecule has 0 unspecified atom stereocenters. The highest BCUT2D eigenvalue weighted by molar-refractivity contribution is 7.20. The van der Waals surface area contributed by atoms with E-state index in [0.717, 1.165) is 17.0 Å². The highest BCUT2D eigenvalue weighted by Crippen LogP contribution is 2.31. The van der Waals surface area contributed by atoms with Crippen LogP contribution in [0.4, 0.5) is 0 Å². The van der Waals surface area contributed by atoms with E-state index in [2.05, 4.69) is 205 Å². The van der Waals surface area contributed by atoms with Crippen LogP contribution in [0.15, 0.2) is 176 Å². The van der Waals surface area contributed by atoms with Gasteiger partial charge in [-0.05, 0) is 95.6 Å². The Morgan fingerprint density at radius 2 is 1.18 bits per heavy atom. The third kappa shape index (κ3) is 4.96. The minimum absolute atomic E-state index is 0.336. The summed E-state index contributed by atoms with van der Waals surface area (Å²) in [6.07, 6.45) is 4.18. The quantitative estimate of drug-likeness (QED) is 0.0968. The molecule has 9 aromatic rings. The molecule has 0 spiro atoms. The number of nitrogens with zero attached hydrogens (tertiary/aromatic N) is 4. The molecular weight excluding hydrogens is 637 g/mol. The lowest BCUT2D eigenvalue weighted by Crippen LogP contribution is -2.74. The van der Waals surface area contributed by atoms with E-state index in [-0.39, 0.29) is 0 Å². The lowest BCUT2D eigenvalue weighted by molar-refractivity contribution is -0.691. The molecule has 6 aromatic carbocycles. The van der Waals surface area contributed by atoms with Crippen molar-refractivity contribution in [3.63, 3.8) is 0 Å². The molecule has 3 heterocycles. The average Bonchev–Trinajstić information content (AvgIpc) is 3.73. The first-order valence-electron chi connectivity index (χ1n) is 17.7. The van der Waals surface area contributed by atoms with Crippen molar-refractivity contribution in [3.05, 3.63) is 182 Å². The molecule has 0 radical (unpaired) electrons. The molecule has 0 saturated carbocycles. The van der Waals surface area contributed by atoms with E-state index in [1.807, 2.05) is 6.20 Å². The van der Waals surface area contributed by atoms with Crippen molar-refractivity contribution >= 4 is 61.7 Å². The summed E-state index contributed by atoms with van der Waals surface area (Å²) >= 11 is 0. The molecule has 9 rings (SSSR count). The molecule has 0 aliphatic heterocycles. The minimum Gasteiger partial charge on any atom is -0.294 e. The fourth-order valence-corrected chi connectivity index (χ4v) is 12.9. The molecular formula is C46H39N4Si+. The largest absolute Gasteiger partial charge is 0.294 e. The van der Waals surface area contributed by atoms with Crippen molar-refractivity contribution in [2.24, 2.45) is 0 Å². The van der Waals surface area contributed by atoms with Gasteiger partial charge in [0.1, 0.15) is 11.5 Å². The van der Waals surface area contributed by atoms with Crippen LogP contribution in [0.2, 0.25) is 0 Å². The second kappa shape index (κ2) is 12.4. The summed E-state index contributed by atoms with van der Waals surface area (Å²) < 4.78 is 7.08. The molecule has 3 aromatic heterocycles. The number of hydrogen-bond acceptors (Lipinski definition) is 1. The number of benzene rings is 6. The van der Waals surface area contributed by atoms with Gasteiger partial charge in [0.15, 0.2) is 19.1 Å². The summed E-state index contributed by atoms with van der Waals surface area (Å²) in [6, 6.07) is 60.9. The van der Waals surface area contributed by atoms with Crippen LogP contribution in [0.3, 0.4) is 0 Å². The highest BCUT2D eigenvalue weighted by atomic mass is 28.3. The van der Waals surface area contributed by atoms with E-state index < -0.39 is 8.07 Å². The Balaban J connectivity index is 1.38. The standard InChI is InChI=1S/C46H39N4Si/c1-33(2)48-32-49(44-24-13-12-23-43(44)48)35-15-14-20-38(30-35)51(36-16-6-4-7-17-36,37-18-8-5-9-19-37)39-25-26-41-40-21-10-11-22-42(40)50(45(41)31-39)46-29-34(3)27-28-47-46/h4-33H,1-3H3/q+1. The Morgan fingerprint density at radius 1 is 0.549 bits per heavy atom. The van der Waals surface area contributed by atoms with E-state index in [1.54, 1.807) is 0 Å². The molecule has 0 atom stereocenters. The third-order valence-corrected chi connectivity index (χ3v) is 15.2. The van der Waals surface area contributed by atoms with Crippen LogP contribution in [0.1, 0.15) is 25.5 Å². The number of aromatic nitrogens is 4. The van der Waals surface area contributed by atoms with Gasteiger partial charge in [0.05, 0.1) is 17.1 Å². The molecule has 0 aliphatic rings. The van der Waals surface area contributed by atoms with Crippen molar-refractivity contribution < 1.29 is 4.57 Å². The monoisotopic (exact) mass is 675 g/mol. The highest BCUT2D eigenvalue weighted by Gasteiger charge is 2.42. The van der Waals surface area contributed by atoms with Crippen LogP contribution < -0.4 is 25.3 Å². The predicted octanol–water partition coefficient (Wildman–Crippen LogP) is 7.68. The van der Waals surface area contributed by atoms with Crippen molar-refractivity contribution in [2.45, 2.75) is 26.8 Å². The van der Waals surface area contributed by atoms with Gasteiger partial charge >= 0.3 is 0 Å². The fraction of sp³-hybridized carbons (Fsp3) is 0.0870. The second-order valence-electron chi connectivity index (χ2n) is 13.8. The molecule has 0 N–H and O–H groups in total. The Kier molecular flexibility index (Phi) is 7.52. The number of aryl methyl sites for hydroxylation is 1. The van der Waals surface area contributed by atoms with Crippen LogP contribution in [0.5, 0.6) is 0 Å². The van der Waals surface area contributed by atoms with Crippen LogP contribution >= 0.6 is 0 Å². The summed E-state index contributed by atoms with van der Waals surface area (Å²) in [5, 5.41) is 7.82. The van der Waals surface area contributed by atoms with Gasteiger partial charge in [0.2, 0.25) is 6.33 Å². The zero-order valence-electron chi connectivity index (χ0n) is 29.1. The number of para-hydroxylation sites is 3. The Hall–Kier alpha value is -6.04. The molecule has 5 heteroatoms. The SMILES string of the molecule is Cc1ccnc(-n2c3ccccc3c3ccc([Si](c4ccccc4)(c4ccccc4)c4cccc(-n5c[n+](C(C)C)c6ccccc65)c4)cc32)c1. The summed E-state index contributed by atoms with van der Waals surface area (Å²) in [5.41, 5.74) is 7.11. The zero-order valence-corrected chi connectivity index (χ0v) is 30.1. The second-order valence-corrected chi connectivity index (χ2v) is 17.6. The first kappa shape index (κ1) is 31.0. The van der Waals surface area contributed by atoms with Gasteiger partial charge in [-0.2, -0.15) is 4.57 Å². The molecule has 51 heavy (non-hydrogen) atoms. The third-order valence-electron chi connectivity index (χ3n) is 10.4. The van der Waals surface area contributed by atoms with Gasteiger partial charge in [-0.1, -0.05) is 115 Å². The Morgan fingerprint density at radius 3 is 1.90 bits per heavy atom. The predicted molar refractivity (Wildman–Crippen MR) is 214 cm³/mol. The van der Waals surface area contributed by atoms with Crippen molar-refractivity contribution in [1.29, 1.82) is 0 Å². The van der Waals surface area contributed by atoms with Gasteiger partial charge in [-0.15, -0.1) is 0 Å². The van der Waals surface area contributed by atoms with Gasteiger partial charge in [0.25, 0.3) is 0 Å². The van der Waals surface area contributed by atoms with Crippen molar-refractivity contribution in [1.82, 2.24) is 14.1 Å². The molecule has 0 bridgehead atoms. The van der Waals surface area contributed by atoms with Gasteiger partial charge in [0, 0.05) is 17.0 Å². The lowest BCUT2D eigenvalue weighted by Gasteiger charge is -2.34.